The summed E-state index contributed by atoms with van der Waals surface area (Å²) in [5, 5.41) is 4.51. The minimum atomic E-state index is -3.53. The molecule has 2 heterocycles. The van der Waals surface area contributed by atoms with Crippen molar-refractivity contribution in [3.63, 3.8) is 0 Å². The van der Waals surface area contributed by atoms with Crippen molar-refractivity contribution in [2.75, 3.05) is 38.0 Å². The van der Waals surface area contributed by atoms with E-state index in [9.17, 15) is 18.0 Å². The van der Waals surface area contributed by atoms with Gasteiger partial charge in [-0.15, -0.1) is 0 Å². The molecule has 1 aromatic carbocycles. The van der Waals surface area contributed by atoms with Gasteiger partial charge in [0.25, 0.3) is 0 Å². The number of carbonyl (C=O) groups is 1. The minimum absolute atomic E-state index is 0.0790. The Hall–Kier alpha value is -2.01. The number of aromatic nitrogens is 1. The molecule has 3 rings (SSSR count). The number of piperazine rings is 1. The lowest BCUT2D eigenvalue weighted by Gasteiger charge is -2.33. The highest BCUT2D eigenvalue weighted by Crippen LogP contribution is 2.20. The largest absolute Gasteiger partial charge is 0.326 e. The van der Waals surface area contributed by atoms with E-state index in [2.05, 4.69) is 17.1 Å². The van der Waals surface area contributed by atoms with Gasteiger partial charge in [0.1, 0.15) is 0 Å². The topological polar surface area (TPSA) is 91.7 Å². The molecule has 0 saturated carbocycles. The summed E-state index contributed by atoms with van der Waals surface area (Å²) in [5.74, 6) is -0.228. The molecular formula is C19H26N4O4S2. The first-order chi connectivity index (χ1) is 13.8. The molecule has 1 amide bonds. The molecule has 1 aliphatic heterocycles. The number of hydrogen-bond acceptors (Lipinski definition) is 6. The van der Waals surface area contributed by atoms with Crippen molar-refractivity contribution >= 4 is 33.0 Å². The highest BCUT2D eigenvalue weighted by atomic mass is 32.2. The molecular weight excluding hydrogens is 412 g/mol. The van der Waals surface area contributed by atoms with Crippen molar-refractivity contribution in [1.29, 1.82) is 0 Å². The Kier molecular flexibility index (Phi) is 6.89. The van der Waals surface area contributed by atoms with Crippen molar-refractivity contribution in [3.05, 3.63) is 45.0 Å². The summed E-state index contributed by atoms with van der Waals surface area (Å²) < 4.78 is 28.7. The second kappa shape index (κ2) is 9.21. The highest BCUT2D eigenvalue weighted by molar-refractivity contribution is 7.89. The van der Waals surface area contributed by atoms with E-state index in [-0.39, 0.29) is 22.1 Å². The van der Waals surface area contributed by atoms with Gasteiger partial charge in [-0.25, -0.2) is 8.42 Å². The van der Waals surface area contributed by atoms with Crippen molar-refractivity contribution in [3.8, 4) is 0 Å². The normalized spacial score (nSPS) is 16.1. The van der Waals surface area contributed by atoms with E-state index in [1.54, 1.807) is 22.1 Å². The fourth-order valence-corrected chi connectivity index (χ4v) is 5.44. The second-order valence-electron chi connectivity index (χ2n) is 6.96. The van der Waals surface area contributed by atoms with E-state index in [0.29, 0.717) is 25.3 Å². The molecule has 8 nitrogen and oxygen atoms in total. The molecule has 0 spiro atoms. The zero-order valence-corrected chi connectivity index (χ0v) is 18.3. The van der Waals surface area contributed by atoms with Crippen LogP contribution in [0.4, 0.5) is 5.69 Å². The van der Waals surface area contributed by atoms with Gasteiger partial charge in [-0.1, -0.05) is 18.3 Å². The van der Waals surface area contributed by atoms with Crippen molar-refractivity contribution in [2.24, 2.45) is 0 Å². The van der Waals surface area contributed by atoms with Gasteiger partial charge >= 0.3 is 4.87 Å². The number of thiazole rings is 1. The van der Waals surface area contributed by atoms with Gasteiger partial charge in [0.15, 0.2) is 0 Å². The third-order valence-electron chi connectivity index (χ3n) is 5.09. The van der Waals surface area contributed by atoms with Gasteiger partial charge < -0.3 is 14.8 Å². The molecule has 2 aromatic rings. The van der Waals surface area contributed by atoms with Crippen LogP contribution in [0.3, 0.4) is 0 Å². The van der Waals surface area contributed by atoms with Crippen molar-refractivity contribution < 1.29 is 13.2 Å². The molecule has 1 N–H and O–H groups in total. The lowest BCUT2D eigenvalue weighted by atomic mass is 10.3. The Morgan fingerprint density at radius 2 is 1.79 bits per heavy atom. The van der Waals surface area contributed by atoms with Crippen LogP contribution in [0, 0.1) is 6.92 Å². The van der Waals surface area contributed by atoms with E-state index in [1.807, 2.05) is 6.92 Å². The van der Waals surface area contributed by atoms with Gasteiger partial charge in [0, 0.05) is 55.9 Å². The number of carbonyl (C=O) groups excluding carboxylic acids is 1. The Balaban J connectivity index is 1.58. The second-order valence-corrected chi connectivity index (χ2v) is 9.71. The summed E-state index contributed by atoms with van der Waals surface area (Å²) in [6, 6.07) is 6.22. The molecule has 1 saturated heterocycles. The average Bonchev–Trinajstić information content (AvgIpc) is 3.04. The number of aryl methyl sites for hydroxylation is 1. The summed E-state index contributed by atoms with van der Waals surface area (Å²) in [4.78, 5) is 26.2. The van der Waals surface area contributed by atoms with Gasteiger partial charge in [0.05, 0.1) is 4.90 Å². The van der Waals surface area contributed by atoms with Crippen LogP contribution in [-0.4, -0.2) is 60.8 Å². The SMILES string of the molecule is CCN1CCN(S(=O)(=O)c2ccc(NC(=O)CCn3c(C)csc3=O)cc2)CC1. The van der Waals surface area contributed by atoms with Gasteiger partial charge in [-0.05, 0) is 37.7 Å². The maximum atomic E-state index is 12.8. The fraction of sp³-hybridized carbons (Fsp3) is 0.474. The predicted molar refractivity (Wildman–Crippen MR) is 114 cm³/mol. The summed E-state index contributed by atoms with van der Waals surface area (Å²) in [6.45, 7) is 7.56. The first-order valence-corrected chi connectivity index (χ1v) is 11.9. The first-order valence-electron chi connectivity index (χ1n) is 9.58. The number of likely N-dealkylation sites (N-methyl/N-ethyl adjacent to an activating group) is 1. The molecule has 0 radical (unpaired) electrons. The average molecular weight is 439 g/mol. The summed E-state index contributed by atoms with van der Waals surface area (Å²) >= 11 is 1.12. The van der Waals surface area contributed by atoms with E-state index >= 15 is 0 Å². The number of benzene rings is 1. The first kappa shape index (κ1) is 21.7. The third kappa shape index (κ3) is 5.13. The van der Waals surface area contributed by atoms with E-state index in [1.165, 1.54) is 16.4 Å². The van der Waals surface area contributed by atoms with Crippen LogP contribution >= 0.6 is 11.3 Å². The van der Waals surface area contributed by atoms with Gasteiger partial charge in [-0.3, -0.25) is 9.59 Å². The number of sulfonamides is 1. The smallest absolute Gasteiger partial charge is 0.307 e. The lowest BCUT2D eigenvalue weighted by molar-refractivity contribution is -0.116. The summed E-state index contributed by atoms with van der Waals surface area (Å²) in [7, 11) is -3.53. The van der Waals surface area contributed by atoms with Crippen LogP contribution in [-0.2, 0) is 21.4 Å². The molecule has 1 aliphatic rings. The monoisotopic (exact) mass is 438 g/mol. The molecule has 29 heavy (non-hydrogen) atoms. The van der Waals surface area contributed by atoms with Crippen LogP contribution in [0.2, 0.25) is 0 Å². The summed E-state index contributed by atoms with van der Waals surface area (Å²) in [6.07, 6.45) is 0.166. The van der Waals surface area contributed by atoms with Crippen molar-refractivity contribution in [2.45, 2.75) is 31.7 Å². The van der Waals surface area contributed by atoms with E-state index in [0.717, 1.165) is 36.7 Å². The maximum absolute atomic E-state index is 12.8. The number of nitrogens with one attached hydrogen (secondary N) is 1. The van der Waals surface area contributed by atoms with Crippen LogP contribution in [0.15, 0.2) is 39.3 Å². The quantitative estimate of drug-likeness (QED) is 0.709. The Labute approximate surface area is 174 Å². The van der Waals surface area contributed by atoms with Crippen LogP contribution < -0.4 is 10.2 Å². The molecule has 0 bridgehead atoms. The van der Waals surface area contributed by atoms with E-state index in [4.69, 9.17) is 0 Å². The standard InChI is InChI=1S/C19H26N4O4S2/c1-3-21-10-12-22(13-11-21)29(26,27)17-6-4-16(5-7-17)20-18(24)8-9-23-15(2)14-28-19(23)25/h4-7,14H,3,8-13H2,1-2H3,(H,20,24). The molecule has 1 fully saturated rings. The molecule has 0 aliphatic carbocycles. The Morgan fingerprint density at radius 1 is 1.14 bits per heavy atom. The van der Waals surface area contributed by atoms with E-state index < -0.39 is 10.0 Å². The Morgan fingerprint density at radius 3 is 2.34 bits per heavy atom. The van der Waals surface area contributed by atoms with Crippen LogP contribution in [0.25, 0.3) is 0 Å². The maximum Gasteiger partial charge on any atom is 0.307 e. The minimum Gasteiger partial charge on any atom is -0.326 e. The lowest BCUT2D eigenvalue weighted by Crippen LogP contribution is -2.48. The number of amides is 1. The highest BCUT2D eigenvalue weighted by Gasteiger charge is 2.27. The van der Waals surface area contributed by atoms with Crippen LogP contribution in [0.1, 0.15) is 19.0 Å². The van der Waals surface area contributed by atoms with Gasteiger partial charge in [-0.2, -0.15) is 4.31 Å². The van der Waals surface area contributed by atoms with Crippen LogP contribution in [0.5, 0.6) is 0 Å². The predicted octanol–water partition coefficient (Wildman–Crippen LogP) is 1.57. The van der Waals surface area contributed by atoms with Crippen molar-refractivity contribution in [1.82, 2.24) is 13.8 Å². The molecule has 158 valence electrons. The number of nitrogens with zero attached hydrogens (tertiary/aromatic N) is 3. The fourth-order valence-electron chi connectivity index (χ4n) is 3.26. The number of anilines is 1. The molecule has 0 unspecified atom stereocenters. The molecule has 10 heteroatoms. The zero-order valence-electron chi connectivity index (χ0n) is 16.6. The molecule has 0 atom stereocenters. The molecule has 1 aromatic heterocycles. The number of rotatable bonds is 7. The third-order valence-corrected chi connectivity index (χ3v) is 7.89. The Bertz CT molecular complexity index is 1000. The zero-order chi connectivity index (χ0) is 21.0. The number of hydrogen-bond donors (Lipinski definition) is 1. The van der Waals surface area contributed by atoms with Gasteiger partial charge in [0.2, 0.25) is 15.9 Å². The summed E-state index contributed by atoms with van der Waals surface area (Å²) in [5.41, 5.74) is 1.36.